The van der Waals surface area contributed by atoms with Crippen LogP contribution in [0.3, 0.4) is 0 Å². The van der Waals surface area contributed by atoms with Crippen molar-refractivity contribution < 1.29 is 14.1 Å². The number of hydrogen-bond acceptors (Lipinski definition) is 4. The number of nitrogens with one attached hydrogen (secondary N) is 2. The second-order valence-corrected chi connectivity index (χ2v) is 9.53. The van der Waals surface area contributed by atoms with E-state index in [0.29, 0.717) is 11.3 Å². The molecule has 5 atom stereocenters. The minimum Gasteiger partial charge on any atom is -0.401 e. The predicted molar refractivity (Wildman–Crippen MR) is 106 cm³/mol. The first-order valence-corrected chi connectivity index (χ1v) is 10.4. The lowest BCUT2D eigenvalue weighted by atomic mass is 9.43. The molecule has 0 aromatic heterocycles. The van der Waals surface area contributed by atoms with Crippen LogP contribution in [-0.4, -0.2) is 37.3 Å². The lowest BCUT2D eigenvalue weighted by Gasteiger charge is -2.64. The van der Waals surface area contributed by atoms with Crippen LogP contribution in [0.2, 0.25) is 0 Å². The van der Waals surface area contributed by atoms with Crippen molar-refractivity contribution >= 4 is 24.2 Å². The highest BCUT2D eigenvalue weighted by molar-refractivity contribution is 6.64. The molecular formula is C21H29BN2O3. The Balaban J connectivity index is 1.38. The number of para-hydroxylation sites is 1. The molecule has 2 N–H and O–H groups in total. The van der Waals surface area contributed by atoms with E-state index < -0.39 is 7.12 Å². The van der Waals surface area contributed by atoms with Crippen molar-refractivity contribution in [2.24, 2.45) is 17.3 Å². The predicted octanol–water partition coefficient (Wildman–Crippen LogP) is 2.31. The fourth-order valence-electron chi connectivity index (χ4n) is 5.94. The molecule has 1 aromatic carbocycles. The van der Waals surface area contributed by atoms with Crippen molar-refractivity contribution in [1.82, 2.24) is 5.32 Å². The number of benzene rings is 1. The third-order valence-corrected chi connectivity index (χ3v) is 7.80. The average molecular weight is 368 g/mol. The Hall–Kier alpha value is -1.37. The fraction of sp³-hybridized carbons (Fsp3) is 0.667. The SMILES string of the molecule is CC1(C)[C@@H]2CC3OB(c4ccccc4NC(=O)[C@@H]4CCCN4)O[C@@]3(C)[C@H]1C2. The smallest absolute Gasteiger partial charge is 0.401 e. The first kappa shape index (κ1) is 17.7. The summed E-state index contributed by atoms with van der Waals surface area (Å²) in [5, 5.41) is 6.36. The number of hydrogen-bond donors (Lipinski definition) is 2. The molecule has 0 radical (unpaired) electrons. The highest BCUT2D eigenvalue weighted by atomic mass is 16.7. The molecule has 0 spiro atoms. The minimum atomic E-state index is -0.414. The summed E-state index contributed by atoms with van der Waals surface area (Å²) >= 11 is 0. The standard InChI is InChI=1S/C21H29BN2O3/c1-20(2)13-11-17(20)21(3)18(12-13)26-22(27-21)14-7-4-5-8-15(14)24-19(25)16-9-6-10-23-16/h4-5,7-8,13,16-18,23H,6,9-12H2,1-3H3,(H,24,25)/t13-,16-,17-,18?,21-/m0/s1. The van der Waals surface area contributed by atoms with Gasteiger partial charge in [0.05, 0.1) is 17.7 Å². The van der Waals surface area contributed by atoms with Crippen molar-refractivity contribution in [2.45, 2.75) is 64.2 Å². The van der Waals surface area contributed by atoms with Crippen LogP contribution < -0.4 is 16.1 Å². The zero-order valence-electron chi connectivity index (χ0n) is 16.5. The zero-order valence-corrected chi connectivity index (χ0v) is 16.5. The van der Waals surface area contributed by atoms with Crippen molar-refractivity contribution in [2.75, 3.05) is 11.9 Å². The molecule has 1 unspecified atom stereocenters. The van der Waals surface area contributed by atoms with E-state index in [1.807, 2.05) is 24.3 Å². The maximum Gasteiger partial charge on any atom is 0.496 e. The van der Waals surface area contributed by atoms with Gasteiger partial charge in [-0.1, -0.05) is 32.0 Å². The summed E-state index contributed by atoms with van der Waals surface area (Å²) in [5.74, 6) is 1.29. The van der Waals surface area contributed by atoms with Gasteiger partial charge in [0.15, 0.2) is 0 Å². The van der Waals surface area contributed by atoms with Gasteiger partial charge in [-0.25, -0.2) is 0 Å². The third kappa shape index (κ3) is 2.60. The van der Waals surface area contributed by atoms with Crippen molar-refractivity contribution in [3.63, 3.8) is 0 Å². The van der Waals surface area contributed by atoms with E-state index in [1.54, 1.807) is 0 Å². The van der Waals surface area contributed by atoms with Crippen LogP contribution in [-0.2, 0) is 14.1 Å². The highest BCUT2D eigenvalue weighted by Gasteiger charge is 2.68. The molecule has 2 aliphatic heterocycles. The van der Waals surface area contributed by atoms with E-state index in [1.165, 1.54) is 6.42 Å². The van der Waals surface area contributed by atoms with Gasteiger partial charge in [0, 0.05) is 11.2 Å². The second kappa shape index (κ2) is 6.06. The van der Waals surface area contributed by atoms with Crippen molar-refractivity contribution in [3.8, 4) is 0 Å². The van der Waals surface area contributed by atoms with Gasteiger partial charge < -0.3 is 19.9 Å². The van der Waals surface area contributed by atoms with Gasteiger partial charge in [-0.3, -0.25) is 4.79 Å². The van der Waals surface area contributed by atoms with E-state index in [4.69, 9.17) is 9.31 Å². The van der Waals surface area contributed by atoms with Gasteiger partial charge in [0.1, 0.15) is 0 Å². The van der Waals surface area contributed by atoms with Gasteiger partial charge in [-0.05, 0) is 62.5 Å². The molecule has 144 valence electrons. The molecule has 5 aliphatic rings. The second-order valence-electron chi connectivity index (χ2n) is 9.53. The molecule has 3 aliphatic carbocycles. The Kier molecular flexibility index (Phi) is 3.98. The molecule has 5 fully saturated rings. The molecule has 6 heteroatoms. The first-order chi connectivity index (χ1) is 12.9. The Morgan fingerprint density at radius 3 is 2.81 bits per heavy atom. The van der Waals surface area contributed by atoms with Gasteiger partial charge in [-0.2, -0.15) is 0 Å². The van der Waals surface area contributed by atoms with Crippen LogP contribution in [0.5, 0.6) is 0 Å². The quantitative estimate of drug-likeness (QED) is 0.804. The molecule has 3 saturated carbocycles. The lowest BCUT2D eigenvalue weighted by molar-refractivity contribution is -0.199. The Morgan fingerprint density at radius 2 is 2.07 bits per heavy atom. The molecule has 5 nitrogen and oxygen atoms in total. The maximum absolute atomic E-state index is 12.6. The van der Waals surface area contributed by atoms with Crippen LogP contribution >= 0.6 is 0 Å². The van der Waals surface area contributed by atoms with Crippen LogP contribution in [0.25, 0.3) is 0 Å². The molecule has 6 rings (SSSR count). The normalized spacial score (nSPS) is 39.0. The van der Waals surface area contributed by atoms with E-state index in [0.717, 1.165) is 42.9 Å². The Bertz CT molecular complexity index is 764. The average Bonchev–Trinajstić information content (AvgIpc) is 3.28. The number of rotatable bonds is 3. The molecule has 1 aromatic rings. The Labute approximate surface area is 161 Å². The molecule has 2 bridgehead atoms. The van der Waals surface area contributed by atoms with Crippen LogP contribution in [0, 0.1) is 17.3 Å². The topological polar surface area (TPSA) is 59.6 Å². The number of amides is 1. The van der Waals surface area contributed by atoms with E-state index >= 15 is 0 Å². The molecule has 27 heavy (non-hydrogen) atoms. The lowest BCUT2D eigenvalue weighted by Crippen LogP contribution is -2.65. The number of anilines is 1. The van der Waals surface area contributed by atoms with E-state index in [9.17, 15) is 4.79 Å². The maximum atomic E-state index is 12.6. The van der Waals surface area contributed by atoms with E-state index in [2.05, 4.69) is 31.4 Å². The summed E-state index contributed by atoms with van der Waals surface area (Å²) in [6.45, 7) is 7.87. The van der Waals surface area contributed by atoms with Crippen molar-refractivity contribution in [3.05, 3.63) is 24.3 Å². The summed E-state index contributed by atoms with van der Waals surface area (Å²) in [6, 6.07) is 7.79. The van der Waals surface area contributed by atoms with Crippen LogP contribution in [0.15, 0.2) is 24.3 Å². The van der Waals surface area contributed by atoms with Gasteiger partial charge in [0.2, 0.25) is 5.91 Å². The fourth-order valence-corrected chi connectivity index (χ4v) is 5.94. The first-order valence-electron chi connectivity index (χ1n) is 10.4. The molecule has 2 heterocycles. The van der Waals surface area contributed by atoms with Crippen LogP contribution in [0.1, 0.15) is 46.5 Å². The van der Waals surface area contributed by atoms with Gasteiger partial charge in [-0.15, -0.1) is 0 Å². The van der Waals surface area contributed by atoms with Gasteiger partial charge >= 0.3 is 7.12 Å². The van der Waals surface area contributed by atoms with E-state index in [-0.39, 0.29) is 23.7 Å². The summed E-state index contributed by atoms with van der Waals surface area (Å²) < 4.78 is 13.0. The number of carbonyl (C=O) groups is 1. The molecule has 2 saturated heterocycles. The zero-order chi connectivity index (χ0) is 18.8. The van der Waals surface area contributed by atoms with Crippen molar-refractivity contribution in [1.29, 1.82) is 0 Å². The number of carbonyl (C=O) groups excluding carboxylic acids is 1. The highest BCUT2D eigenvalue weighted by Crippen LogP contribution is 2.65. The summed E-state index contributed by atoms with van der Waals surface area (Å²) in [6.07, 6.45) is 4.38. The Morgan fingerprint density at radius 1 is 1.26 bits per heavy atom. The van der Waals surface area contributed by atoms with Gasteiger partial charge in [0.25, 0.3) is 0 Å². The molecular weight excluding hydrogens is 339 g/mol. The van der Waals surface area contributed by atoms with Crippen LogP contribution in [0.4, 0.5) is 5.69 Å². The molecule has 1 amide bonds. The summed E-state index contributed by atoms with van der Waals surface area (Å²) in [5.41, 5.74) is 1.81. The summed E-state index contributed by atoms with van der Waals surface area (Å²) in [4.78, 5) is 12.6. The minimum absolute atomic E-state index is 0.0324. The largest absolute Gasteiger partial charge is 0.496 e. The monoisotopic (exact) mass is 368 g/mol. The third-order valence-electron chi connectivity index (χ3n) is 7.80. The summed E-state index contributed by atoms with van der Waals surface area (Å²) in [7, 11) is -0.414.